The van der Waals surface area contributed by atoms with Crippen molar-refractivity contribution in [1.82, 2.24) is 0 Å². The van der Waals surface area contributed by atoms with E-state index in [1.165, 1.54) is 57.8 Å². The van der Waals surface area contributed by atoms with E-state index in [0.29, 0.717) is 19.3 Å². The molecule has 12 heteroatoms. The van der Waals surface area contributed by atoms with Crippen LogP contribution in [0.3, 0.4) is 0 Å². The molecule has 1 fully saturated rings. The molecule has 0 aliphatic carbocycles. The van der Waals surface area contributed by atoms with E-state index >= 15 is 0 Å². The van der Waals surface area contributed by atoms with Crippen LogP contribution in [0.5, 0.6) is 0 Å². The van der Waals surface area contributed by atoms with E-state index in [-0.39, 0.29) is 25.9 Å². The minimum Gasteiger partial charge on any atom is -0.479 e. The van der Waals surface area contributed by atoms with Gasteiger partial charge in [0, 0.05) is 19.3 Å². The molecule has 1 aliphatic rings. The normalized spacial score (nSPS) is 18.5. The van der Waals surface area contributed by atoms with Gasteiger partial charge in [0.2, 0.25) is 0 Å². The van der Waals surface area contributed by atoms with Crippen LogP contribution in [-0.2, 0) is 42.9 Å². The zero-order valence-electron chi connectivity index (χ0n) is 49.6. The molecule has 1 saturated heterocycles. The van der Waals surface area contributed by atoms with Gasteiger partial charge in [-0.25, -0.2) is 4.79 Å². The highest BCUT2D eigenvalue weighted by atomic mass is 16.7. The van der Waals surface area contributed by atoms with Crippen molar-refractivity contribution in [3.63, 3.8) is 0 Å². The van der Waals surface area contributed by atoms with Crippen molar-refractivity contribution in [2.75, 3.05) is 13.2 Å². The maximum atomic E-state index is 13.2. The molecule has 0 radical (unpaired) electrons. The van der Waals surface area contributed by atoms with Crippen LogP contribution in [0.15, 0.2) is 97.2 Å². The van der Waals surface area contributed by atoms with Gasteiger partial charge in [0.05, 0.1) is 6.61 Å². The number of carbonyl (C=O) groups excluding carboxylic acids is 3. The summed E-state index contributed by atoms with van der Waals surface area (Å²) in [6.07, 6.45) is 59.3. The Kier molecular flexibility index (Phi) is 49.9. The minimum atomic E-state index is -1.92. The number of hydrogen-bond acceptors (Lipinski definition) is 11. The lowest BCUT2D eigenvalue weighted by molar-refractivity contribution is -0.301. The second kappa shape index (κ2) is 54.2. The van der Waals surface area contributed by atoms with Crippen molar-refractivity contribution in [2.24, 2.45) is 0 Å². The zero-order valence-corrected chi connectivity index (χ0v) is 49.6. The molecule has 0 aromatic carbocycles. The molecule has 6 atom stereocenters. The lowest BCUT2D eigenvalue weighted by Crippen LogP contribution is -2.61. The standard InChI is InChI=1S/C67H110O12/c1-4-7-10-13-16-19-22-25-28-29-30-31-34-37-40-43-46-49-52-55-61(70)78-65-63(72)62(71)64(66(73)74)79-67(65)76-57-58(77-60(69)54-51-48-45-42-39-36-33-27-24-21-18-15-12-9-6-3)56-75-59(68)53-50-47-44-41-38-35-32-26-23-20-17-14-11-8-5-2/h7,10,16-17,19-20,25-28,30-33,37,40,58,62-65,67,71-72H,4-6,8-9,11-15,18,21-24,29,34-36,38-39,41-57H2,1-3H3,(H,73,74)/b10-7-,19-16-,20-17-,28-25-,31-30-,32-26-,33-27-,40-37-. The van der Waals surface area contributed by atoms with E-state index in [1.807, 2.05) is 0 Å². The van der Waals surface area contributed by atoms with E-state index in [2.05, 4.69) is 118 Å². The van der Waals surface area contributed by atoms with Crippen molar-refractivity contribution >= 4 is 23.9 Å². The average Bonchev–Trinajstić information content (AvgIpc) is 3.44. The molecule has 0 spiro atoms. The van der Waals surface area contributed by atoms with Crippen molar-refractivity contribution < 1.29 is 58.2 Å². The Morgan fingerprint density at radius 1 is 0.430 bits per heavy atom. The lowest BCUT2D eigenvalue weighted by Gasteiger charge is -2.40. The van der Waals surface area contributed by atoms with Gasteiger partial charge in [-0.1, -0.05) is 208 Å². The summed E-state index contributed by atoms with van der Waals surface area (Å²) in [6.45, 7) is 5.82. The molecule has 0 bridgehead atoms. The quantitative estimate of drug-likeness (QED) is 0.0228. The molecule has 3 N–H and O–H groups in total. The molecular weight excluding hydrogens is 997 g/mol. The number of unbranched alkanes of at least 4 members (excludes halogenated alkanes) is 22. The molecule has 1 aliphatic heterocycles. The predicted octanol–water partition coefficient (Wildman–Crippen LogP) is 16.5. The van der Waals surface area contributed by atoms with Gasteiger partial charge in [0.1, 0.15) is 18.8 Å². The topological polar surface area (TPSA) is 175 Å². The number of hydrogen-bond donors (Lipinski definition) is 3. The maximum Gasteiger partial charge on any atom is 0.335 e. The monoisotopic (exact) mass is 1110 g/mol. The molecule has 12 nitrogen and oxygen atoms in total. The Morgan fingerprint density at radius 2 is 0.797 bits per heavy atom. The van der Waals surface area contributed by atoms with Gasteiger partial charge in [-0.3, -0.25) is 14.4 Å². The van der Waals surface area contributed by atoms with E-state index in [9.17, 15) is 34.5 Å². The number of aliphatic hydroxyl groups excluding tert-OH is 2. The first kappa shape index (κ1) is 72.7. The summed E-state index contributed by atoms with van der Waals surface area (Å²) in [5.74, 6) is -3.19. The maximum absolute atomic E-state index is 13.2. The van der Waals surface area contributed by atoms with Gasteiger partial charge in [-0.05, 0) is 122 Å². The van der Waals surface area contributed by atoms with E-state index in [4.69, 9.17) is 23.7 Å². The second-order valence-electron chi connectivity index (χ2n) is 20.9. The van der Waals surface area contributed by atoms with Gasteiger partial charge in [-0.2, -0.15) is 0 Å². The van der Waals surface area contributed by atoms with Crippen molar-refractivity contribution in [2.45, 2.75) is 289 Å². The molecule has 6 unspecified atom stereocenters. The van der Waals surface area contributed by atoms with E-state index < -0.39 is 67.3 Å². The molecule has 0 saturated carbocycles. The summed E-state index contributed by atoms with van der Waals surface area (Å²) in [7, 11) is 0. The SMILES string of the molecule is CC/C=C\C/C=C\C/C=C\C/C=C\C/C=C\CCCCCC(=O)OC1C(OCC(COC(=O)CCCCCCC/C=C\C/C=C\CCCCC)OC(=O)CCCCCCC/C=C\CCCCCCCC)OC(C(=O)O)C(O)C1O. The van der Waals surface area contributed by atoms with Crippen LogP contribution in [0.25, 0.3) is 0 Å². The molecule has 0 amide bonds. The van der Waals surface area contributed by atoms with E-state index in [1.54, 1.807) is 0 Å². The number of rotatable bonds is 52. The van der Waals surface area contributed by atoms with Crippen molar-refractivity contribution in [1.29, 1.82) is 0 Å². The van der Waals surface area contributed by atoms with Crippen molar-refractivity contribution in [3.8, 4) is 0 Å². The molecular formula is C67H110O12. The Morgan fingerprint density at radius 3 is 1.27 bits per heavy atom. The number of esters is 3. The molecule has 0 aromatic rings. The minimum absolute atomic E-state index is 0.0152. The van der Waals surface area contributed by atoms with Gasteiger partial charge < -0.3 is 39.0 Å². The summed E-state index contributed by atoms with van der Waals surface area (Å²) in [6, 6.07) is 0. The molecule has 79 heavy (non-hydrogen) atoms. The third kappa shape index (κ3) is 44.0. The fourth-order valence-corrected chi connectivity index (χ4v) is 8.83. The number of aliphatic hydroxyl groups is 2. The van der Waals surface area contributed by atoms with Crippen LogP contribution in [0.4, 0.5) is 0 Å². The number of carbonyl (C=O) groups is 4. The summed E-state index contributed by atoms with van der Waals surface area (Å²) >= 11 is 0. The summed E-state index contributed by atoms with van der Waals surface area (Å²) in [5, 5.41) is 31.5. The number of carboxylic acids is 1. The Hall–Kier alpha value is -4.36. The highest BCUT2D eigenvalue weighted by molar-refractivity contribution is 5.74. The average molecular weight is 1110 g/mol. The molecule has 0 aromatic heterocycles. The Balaban J connectivity index is 2.71. The molecule has 1 rings (SSSR count). The lowest BCUT2D eigenvalue weighted by atomic mass is 9.98. The first-order valence-corrected chi connectivity index (χ1v) is 31.2. The Bertz CT molecular complexity index is 1740. The van der Waals surface area contributed by atoms with E-state index in [0.717, 1.165) is 135 Å². The van der Waals surface area contributed by atoms with Gasteiger partial charge in [-0.15, -0.1) is 0 Å². The number of carboxylic acid groups (broad SMARTS) is 1. The van der Waals surface area contributed by atoms with Crippen LogP contribution in [0.2, 0.25) is 0 Å². The first-order valence-electron chi connectivity index (χ1n) is 31.2. The number of ether oxygens (including phenoxy) is 5. The van der Waals surface area contributed by atoms with Crippen LogP contribution in [0.1, 0.15) is 252 Å². The zero-order chi connectivity index (χ0) is 57.5. The van der Waals surface area contributed by atoms with Crippen LogP contribution in [0, 0.1) is 0 Å². The summed E-state index contributed by atoms with van der Waals surface area (Å²) in [5.41, 5.74) is 0. The molecule has 450 valence electrons. The fraction of sp³-hybridized carbons (Fsp3) is 0.701. The van der Waals surface area contributed by atoms with Gasteiger partial charge >= 0.3 is 23.9 Å². The predicted molar refractivity (Wildman–Crippen MR) is 321 cm³/mol. The van der Waals surface area contributed by atoms with Crippen LogP contribution in [-0.4, -0.2) is 89.2 Å². The second-order valence-corrected chi connectivity index (χ2v) is 20.9. The van der Waals surface area contributed by atoms with Crippen LogP contribution >= 0.6 is 0 Å². The number of aliphatic carboxylic acids is 1. The summed E-state index contributed by atoms with van der Waals surface area (Å²) < 4.78 is 28.4. The highest BCUT2D eigenvalue weighted by Gasteiger charge is 2.50. The fourth-order valence-electron chi connectivity index (χ4n) is 8.83. The Labute approximate surface area is 479 Å². The smallest absolute Gasteiger partial charge is 0.335 e. The largest absolute Gasteiger partial charge is 0.479 e. The third-order valence-corrected chi connectivity index (χ3v) is 13.6. The summed E-state index contributed by atoms with van der Waals surface area (Å²) in [4.78, 5) is 51.2. The van der Waals surface area contributed by atoms with Crippen LogP contribution < -0.4 is 0 Å². The van der Waals surface area contributed by atoms with Gasteiger partial charge in [0.25, 0.3) is 0 Å². The molecule has 1 heterocycles. The third-order valence-electron chi connectivity index (χ3n) is 13.6. The van der Waals surface area contributed by atoms with Crippen molar-refractivity contribution in [3.05, 3.63) is 97.2 Å². The highest BCUT2D eigenvalue weighted by Crippen LogP contribution is 2.26. The first-order chi connectivity index (χ1) is 38.6. The number of allylic oxidation sites excluding steroid dienone is 16. The van der Waals surface area contributed by atoms with Gasteiger partial charge in [0.15, 0.2) is 24.6 Å².